The molecular weight excluding hydrogens is 224 g/mol. The van der Waals surface area contributed by atoms with Gasteiger partial charge in [0.15, 0.2) is 0 Å². The molecule has 0 bridgehead atoms. The normalized spacial score (nSPS) is 15.4. The zero-order chi connectivity index (χ0) is 13.1. The van der Waals surface area contributed by atoms with Crippen LogP contribution in [0.4, 0.5) is 5.82 Å². The molecule has 0 atom stereocenters. The van der Waals surface area contributed by atoms with Crippen LogP contribution in [-0.2, 0) is 0 Å². The molecule has 4 heteroatoms. The van der Waals surface area contributed by atoms with Crippen LogP contribution in [-0.4, -0.2) is 41.0 Å². The second kappa shape index (κ2) is 5.65. The van der Waals surface area contributed by atoms with Gasteiger partial charge in [-0.25, -0.2) is 9.97 Å². The lowest BCUT2D eigenvalue weighted by atomic mass is 10.2. The minimum absolute atomic E-state index is 0.375. The van der Waals surface area contributed by atoms with E-state index in [0.29, 0.717) is 5.92 Å². The Morgan fingerprint density at radius 3 is 2.72 bits per heavy atom. The summed E-state index contributed by atoms with van der Waals surface area (Å²) in [7, 11) is 2.20. The monoisotopic (exact) mass is 248 g/mol. The first-order chi connectivity index (χ1) is 8.56. The Kier molecular flexibility index (Phi) is 4.17. The van der Waals surface area contributed by atoms with Crippen molar-refractivity contribution in [1.82, 2.24) is 14.9 Å². The van der Waals surface area contributed by atoms with Crippen molar-refractivity contribution in [2.24, 2.45) is 0 Å². The predicted octanol–water partition coefficient (Wildman–Crippen LogP) is 2.41. The number of nitrogens with one attached hydrogen (secondary N) is 1. The smallest absolute Gasteiger partial charge is 0.133 e. The minimum atomic E-state index is 0.375. The molecular formula is C14H24N4. The summed E-state index contributed by atoms with van der Waals surface area (Å²) in [6, 6.07) is 2.84. The molecule has 1 aliphatic rings. The third-order valence-electron chi connectivity index (χ3n) is 3.33. The summed E-state index contributed by atoms with van der Waals surface area (Å²) in [6.45, 7) is 8.29. The van der Waals surface area contributed by atoms with E-state index in [1.807, 2.05) is 13.0 Å². The van der Waals surface area contributed by atoms with Crippen molar-refractivity contribution in [2.75, 3.05) is 25.5 Å². The number of nitrogens with zero attached hydrogens (tertiary/aromatic N) is 3. The molecule has 1 aromatic heterocycles. The number of aromatic nitrogens is 2. The van der Waals surface area contributed by atoms with Crippen LogP contribution < -0.4 is 5.32 Å². The number of likely N-dealkylation sites (N-methyl/N-ethyl adjacent to an activating group) is 1. The Labute approximate surface area is 110 Å². The van der Waals surface area contributed by atoms with Crippen LogP contribution in [0.15, 0.2) is 6.07 Å². The SMILES string of the molecule is Cc1cc(NCCN(C)C2CC2)nc(C(C)C)n1. The lowest BCUT2D eigenvalue weighted by molar-refractivity contribution is 0.337. The second-order valence-electron chi connectivity index (χ2n) is 5.55. The van der Waals surface area contributed by atoms with E-state index in [9.17, 15) is 0 Å². The predicted molar refractivity (Wildman–Crippen MR) is 75.0 cm³/mol. The summed E-state index contributed by atoms with van der Waals surface area (Å²) in [6.07, 6.45) is 2.72. The molecule has 18 heavy (non-hydrogen) atoms. The molecule has 1 saturated carbocycles. The maximum Gasteiger partial charge on any atom is 0.133 e. The number of hydrogen-bond acceptors (Lipinski definition) is 4. The van der Waals surface area contributed by atoms with Crippen molar-refractivity contribution in [3.63, 3.8) is 0 Å². The summed E-state index contributed by atoms with van der Waals surface area (Å²) in [4.78, 5) is 11.4. The Morgan fingerprint density at radius 2 is 2.11 bits per heavy atom. The fourth-order valence-corrected chi connectivity index (χ4v) is 2.00. The fraction of sp³-hybridized carbons (Fsp3) is 0.714. The standard InChI is InChI=1S/C14H24N4/c1-10(2)14-16-11(3)9-13(17-14)15-7-8-18(4)12-5-6-12/h9-10,12H,5-8H2,1-4H3,(H,15,16,17). The van der Waals surface area contributed by atoms with Gasteiger partial charge in [0.2, 0.25) is 0 Å². The van der Waals surface area contributed by atoms with E-state index in [1.54, 1.807) is 0 Å². The summed E-state index contributed by atoms with van der Waals surface area (Å²) in [5.74, 6) is 2.25. The molecule has 1 aliphatic carbocycles. The maximum absolute atomic E-state index is 4.55. The lowest BCUT2D eigenvalue weighted by Gasteiger charge is -2.16. The lowest BCUT2D eigenvalue weighted by Crippen LogP contribution is -2.27. The van der Waals surface area contributed by atoms with Gasteiger partial charge in [0.25, 0.3) is 0 Å². The molecule has 0 aromatic carbocycles. The van der Waals surface area contributed by atoms with E-state index < -0.39 is 0 Å². The van der Waals surface area contributed by atoms with E-state index in [2.05, 4.69) is 41.1 Å². The van der Waals surface area contributed by atoms with Gasteiger partial charge in [-0.1, -0.05) is 13.8 Å². The zero-order valence-electron chi connectivity index (χ0n) is 11.9. The van der Waals surface area contributed by atoms with Gasteiger partial charge in [-0.05, 0) is 26.8 Å². The van der Waals surface area contributed by atoms with Crippen molar-refractivity contribution in [1.29, 1.82) is 0 Å². The highest BCUT2D eigenvalue weighted by Crippen LogP contribution is 2.24. The number of hydrogen-bond donors (Lipinski definition) is 1. The quantitative estimate of drug-likeness (QED) is 0.839. The molecule has 0 saturated heterocycles. The maximum atomic E-state index is 4.55. The number of anilines is 1. The van der Waals surface area contributed by atoms with Gasteiger partial charge in [-0.15, -0.1) is 0 Å². The Bertz CT molecular complexity index is 399. The topological polar surface area (TPSA) is 41.0 Å². The number of rotatable bonds is 6. The van der Waals surface area contributed by atoms with E-state index in [0.717, 1.165) is 36.5 Å². The fourth-order valence-electron chi connectivity index (χ4n) is 2.00. The zero-order valence-corrected chi connectivity index (χ0v) is 11.9. The largest absolute Gasteiger partial charge is 0.369 e. The van der Waals surface area contributed by atoms with E-state index in [-0.39, 0.29) is 0 Å². The van der Waals surface area contributed by atoms with Crippen molar-refractivity contribution in [3.05, 3.63) is 17.6 Å². The molecule has 0 unspecified atom stereocenters. The summed E-state index contributed by atoms with van der Waals surface area (Å²) in [5, 5.41) is 3.40. The average molecular weight is 248 g/mol. The third kappa shape index (κ3) is 3.67. The van der Waals surface area contributed by atoms with Gasteiger partial charge >= 0.3 is 0 Å². The van der Waals surface area contributed by atoms with E-state index in [4.69, 9.17) is 0 Å². The van der Waals surface area contributed by atoms with Crippen LogP contribution in [0.25, 0.3) is 0 Å². The first-order valence-corrected chi connectivity index (χ1v) is 6.86. The van der Waals surface area contributed by atoms with E-state index in [1.165, 1.54) is 12.8 Å². The highest BCUT2D eigenvalue weighted by molar-refractivity contribution is 5.36. The van der Waals surface area contributed by atoms with E-state index >= 15 is 0 Å². The summed E-state index contributed by atoms with van der Waals surface area (Å²) >= 11 is 0. The van der Waals surface area contributed by atoms with Gasteiger partial charge in [-0.2, -0.15) is 0 Å². The van der Waals surface area contributed by atoms with Crippen LogP contribution in [0, 0.1) is 6.92 Å². The Balaban J connectivity index is 1.87. The highest BCUT2D eigenvalue weighted by Gasteiger charge is 2.25. The van der Waals surface area contributed by atoms with Crippen molar-refractivity contribution >= 4 is 5.82 Å². The molecule has 100 valence electrons. The molecule has 0 aliphatic heterocycles. The van der Waals surface area contributed by atoms with Crippen LogP contribution in [0.5, 0.6) is 0 Å². The first-order valence-electron chi connectivity index (χ1n) is 6.86. The van der Waals surface area contributed by atoms with Gasteiger partial charge in [-0.3, -0.25) is 0 Å². The first kappa shape index (κ1) is 13.3. The molecule has 2 rings (SSSR count). The number of aryl methyl sites for hydroxylation is 1. The van der Waals surface area contributed by atoms with Gasteiger partial charge < -0.3 is 10.2 Å². The second-order valence-corrected chi connectivity index (χ2v) is 5.55. The molecule has 0 amide bonds. The Hall–Kier alpha value is -1.16. The van der Waals surface area contributed by atoms with Crippen molar-refractivity contribution in [3.8, 4) is 0 Å². The van der Waals surface area contributed by atoms with Crippen LogP contribution in [0.2, 0.25) is 0 Å². The summed E-state index contributed by atoms with van der Waals surface area (Å²) in [5.41, 5.74) is 1.03. The molecule has 1 N–H and O–H groups in total. The Morgan fingerprint density at radius 1 is 1.39 bits per heavy atom. The van der Waals surface area contributed by atoms with Gasteiger partial charge in [0.1, 0.15) is 11.6 Å². The average Bonchev–Trinajstić information content (AvgIpc) is 3.11. The molecule has 1 aromatic rings. The highest BCUT2D eigenvalue weighted by atomic mass is 15.2. The molecule has 1 fully saturated rings. The van der Waals surface area contributed by atoms with Crippen LogP contribution >= 0.6 is 0 Å². The minimum Gasteiger partial charge on any atom is -0.369 e. The third-order valence-corrected chi connectivity index (χ3v) is 3.33. The van der Waals surface area contributed by atoms with Crippen LogP contribution in [0.1, 0.15) is 44.1 Å². The molecule has 0 spiro atoms. The molecule has 1 heterocycles. The van der Waals surface area contributed by atoms with Crippen molar-refractivity contribution in [2.45, 2.75) is 45.6 Å². The van der Waals surface area contributed by atoms with Crippen molar-refractivity contribution < 1.29 is 0 Å². The molecule has 0 radical (unpaired) electrons. The van der Waals surface area contributed by atoms with Crippen LogP contribution in [0.3, 0.4) is 0 Å². The molecule has 4 nitrogen and oxygen atoms in total. The van der Waals surface area contributed by atoms with Gasteiger partial charge in [0.05, 0.1) is 0 Å². The van der Waals surface area contributed by atoms with Gasteiger partial charge in [0, 0.05) is 36.8 Å². The summed E-state index contributed by atoms with van der Waals surface area (Å²) < 4.78 is 0.